The van der Waals surface area contributed by atoms with Crippen molar-refractivity contribution in [1.82, 2.24) is 10.0 Å². The predicted octanol–water partition coefficient (Wildman–Crippen LogP) is 4.27. The second kappa shape index (κ2) is 8.07. The monoisotopic (exact) mass is 450 g/mol. The van der Waals surface area contributed by atoms with Gasteiger partial charge in [0.1, 0.15) is 5.75 Å². The molecule has 1 amide bonds. The Morgan fingerprint density at radius 1 is 0.938 bits per heavy atom. The van der Waals surface area contributed by atoms with Gasteiger partial charge in [-0.05, 0) is 60.5 Å². The number of hydrogen-bond acceptors (Lipinski definition) is 4. The smallest absolute Gasteiger partial charge is 0.246 e. The third kappa shape index (κ3) is 3.67. The zero-order chi connectivity index (χ0) is 23.2. The fourth-order valence-corrected chi connectivity index (χ4v) is 5.57. The summed E-state index contributed by atoms with van der Waals surface area (Å²) in [6, 6.07) is 11.0. The molecular weight excluding hydrogens is 424 g/mol. The summed E-state index contributed by atoms with van der Waals surface area (Å²) in [4.78, 5) is 11.6. The van der Waals surface area contributed by atoms with Crippen molar-refractivity contribution in [2.75, 3.05) is 13.1 Å². The maximum atomic E-state index is 13.1. The van der Waals surface area contributed by atoms with Crippen LogP contribution in [0.3, 0.4) is 0 Å². The number of amides is 1. The minimum Gasteiger partial charge on any atom is -0.507 e. The number of hydrogen-bond donors (Lipinski definition) is 3. The van der Waals surface area contributed by atoms with Crippen LogP contribution in [0, 0.1) is 13.8 Å². The van der Waals surface area contributed by atoms with E-state index in [-0.39, 0.29) is 23.1 Å². The molecule has 0 saturated heterocycles. The number of carbonyl (C=O) groups is 1. The van der Waals surface area contributed by atoms with Crippen LogP contribution in [0.4, 0.5) is 0 Å². The van der Waals surface area contributed by atoms with Gasteiger partial charge < -0.3 is 10.4 Å². The number of aryl methyl sites for hydroxylation is 2. The molecule has 0 spiro atoms. The molecular formula is C25H26N2O4S. The summed E-state index contributed by atoms with van der Waals surface area (Å²) < 4.78 is 28.9. The number of rotatable bonds is 7. The summed E-state index contributed by atoms with van der Waals surface area (Å²) in [5.74, 6) is -0.324. The van der Waals surface area contributed by atoms with Crippen LogP contribution in [0.15, 0.2) is 53.4 Å². The highest BCUT2D eigenvalue weighted by Gasteiger charge is 2.23. The molecule has 7 heteroatoms. The zero-order valence-electron chi connectivity index (χ0n) is 18.4. The summed E-state index contributed by atoms with van der Waals surface area (Å²) in [6.07, 6.45) is 0.425. The lowest BCUT2D eigenvalue weighted by Crippen LogP contribution is -2.30. The number of benzene rings is 4. The average Bonchev–Trinajstić information content (AvgIpc) is 2.74. The van der Waals surface area contributed by atoms with Gasteiger partial charge in [-0.15, -0.1) is 0 Å². The Morgan fingerprint density at radius 3 is 2.12 bits per heavy atom. The topological polar surface area (TPSA) is 95.5 Å². The van der Waals surface area contributed by atoms with Gasteiger partial charge in [0.15, 0.2) is 0 Å². The molecule has 0 saturated carbocycles. The highest BCUT2D eigenvalue weighted by atomic mass is 32.2. The Labute approximate surface area is 187 Å². The van der Waals surface area contributed by atoms with E-state index in [4.69, 9.17) is 0 Å². The molecule has 0 aromatic heterocycles. The Bertz CT molecular complexity index is 1470. The maximum absolute atomic E-state index is 13.1. The SMILES string of the molecule is C=C(C)C(=O)NCCCNS(=O)(=O)c1cc(O)c2ccc3c(C)cc(C)c4ccc1c2c34. The van der Waals surface area contributed by atoms with Crippen LogP contribution >= 0.6 is 0 Å². The predicted molar refractivity (Wildman–Crippen MR) is 129 cm³/mol. The molecule has 0 radical (unpaired) electrons. The molecule has 166 valence electrons. The first kappa shape index (κ1) is 22.0. The minimum absolute atomic E-state index is 0.0435. The third-order valence-corrected chi connectivity index (χ3v) is 7.36. The standard InChI is InChI=1S/C25H26N2O4S/c1-14(2)25(29)26-10-5-11-27-32(30,31)22-13-21(28)19-8-6-17-15(3)12-16(4)18-7-9-20(22)24(19)23(17)18/h6-9,12-13,27-28H,1,5,10-11H2,2-4H3,(H,26,29). The molecule has 0 atom stereocenters. The molecule has 0 aliphatic rings. The first-order valence-corrected chi connectivity index (χ1v) is 11.9. The number of phenolic OH excluding ortho intramolecular Hbond substituents is 1. The maximum Gasteiger partial charge on any atom is 0.246 e. The van der Waals surface area contributed by atoms with Gasteiger partial charge in [-0.3, -0.25) is 4.79 Å². The van der Waals surface area contributed by atoms with Gasteiger partial charge >= 0.3 is 0 Å². The first-order chi connectivity index (χ1) is 15.1. The molecule has 0 heterocycles. The van der Waals surface area contributed by atoms with Crippen molar-refractivity contribution in [3.05, 3.63) is 59.7 Å². The summed E-state index contributed by atoms with van der Waals surface area (Å²) in [7, 11) is -3.89. The van der Waals surface area contributed by atoms with Crippen LogP contribution < -0.4 is 10.0 Å². The molecule has 4 rings (SSSR count). The van der Waals surface area contributed by atoms with Crippen molar-refractivity contribution in [2.24, 2.45) is 0 Å². The molecule has 6 nitrogen and oxygen atoms in total. The molecule has 4 aromatic rings. The lowest BCUT2D eigenvalue weighted by molar-refractivity contribution is -0.117. The summed E-state index contributed by atoms with van der Waals surface area (Å²) in [6.45, 7) is 9.73. The van der Waals surface area contributed by atoms with Crippen molar-refractivity contribution in [1.29, 1.82) is 0 Å². The van der Waals surface area contributed by atoms with E-state index in [2.05, 4.69) is 22.7 Å². The Balaban J connectivity index is 1.75. The van der Waals surface area contributed by atoms with Crippen LogP contribution in [0.25, 0.3) is 32.3 Å². The van der Waals surface area contributed by atoms with E-state index < -0.39 is 10.0 Å². The highest BCUT2D eigenvalue weighted by Crippen LogP contribution is 2.42. The fourth-order valence-electron chi connectivity index (χ4n) is 4.28. The number of sulfonamides is 1. The van der Waals surface area contributed by atoms with Crippen molar-refractivity contribution in [3.63, 3.8) is 0 Å². The Hall–Kier alpha value is -3.16. The fraction of sp³-hybridized carbons (Fsp3) is 0.240. The number of phenols is 1. The van der Waals surface area contributed by atoms with Gasteiger partial charge in [0.05, 0.1) is 4.90 Å². The van der Waals surface area contributed by atoms with Gasteiger partial charge in [-0.1, -0.05) is 30.8 Å². The largest absolute Gasteiger partial charge is 0.507 e. The zero-order valence-corrected chi connectivity index (χ0v) is 19.2. The van der Waals surface area contributed by atoms with Gasteiger partial charge in [-0.25, -0.2) is 13.1 Å². The number of aromatic hydroxyl groups is 1. The van der Waals surface area contributed by atoms with Gasteiger partial charge in [0.2, 0.25) is 15.9 Å². The van der Waals surface area contributed by atoms with E-state index in [0.29, 0.717) is 29.3 Å². The van der Waals surface area contributed by atoms with Crippen molar-refractivity contribution in [2.45, 2.75) is 32.1 Å². The first-order valence-electron chi connectivity index (χ1n) is 10.5. The molecule has 32 heavy (non-hydrogen) atoms. The van der Waals surface area contributed by atoms with Gasteiger partial charge in [0.25, 0.3) is 0 Å². The molecule has 3 N–H and O–H groups in total. The molecule has 0 unspecified atom stereocenters. The van der Waals surface area contributed by atoms with Gasteiger partial charge in [-0.2, -0.15) is 0 Å². The van der Waals surface area contributed by atoms with Crippen LogP contribution in [-0.2, 0) is 14.8 Å². The van der Waals surface area contributed by atoms with E-state index in [1.54, 1.807) is 6.92 Å². The normalized spacial score (nSPS) is 12.1. The second-order valence-electron chi connectivity index (χ2n) is 8.26. The average molecular weight is 451 g/mol. The number of nitrogens with one attached hydrogen (secondary N) is 2. The molecule has 0 aliphatic heterocycles. The van der Waals surface area contributed by atoms with Crippen molar-refractivity contribution >= 4 is 48.2 Å². The van der Waals surface area contributed by atoms with E-state index in [1.807, 2.05) is 38.1 Å². The van der Waals surface area contributed by atoms with E-state index in [1.165, 1.54) is 6.07 Å². The lowest BCUT2D eigenvalue weighted by Gasteiger charge is -2.18. The third-order valence-electron chi connectivity index (χ3n) is 5.86. The van der Waals surface area contributed by atoms with Gasteiger partial charge in [0, 0.05) is 40.9 Å². The second-order valence-corrected chi connectivity index (χ2v) is 10.00. The van der Waals surface area contributed by atoms with Crippen LogP contribution in [0.5, 0.6) is 5.75 Å². The quantitative estimate of drug-likeness (QED) is 0.223. The van der Waals surface area contributed by atoms with Crippen molar-refractivity contribution in [3.8, 4) is 5.75 Å². The van der Waals surface area contributed by atoms with Crippen LogP contribution in [-0.4, -0.2) is 32.5 Å². The molecule has 4 aromatic carbocycles. The molecule has 0 aliphatic carbocycles. The summed E-state index contributed by atoms with van der Waals surface area (Å²) in [5.41, 5.74) is 2.61. The lowest BCUT2D eigenvalue weighted by atomic mass is 9.90. The van der Waals surface area contributed by atoms with Crippen LogP contribution in [0.2, 0.25) is 0 Å². The highest BCUT2D eigenvalue weighted by molar-refractivity contribution is 7.89. The van der Waals surface area contributed by atoms with Crippen molar-refractivity contribution < 1.29 is 18.3 Å². The van der Waals surface area contributed by atoms with E-state index >= 15 is 0 Å². The molecule has 0 bridgehead atoms. The van der Waals surface area contributed by atoms with Crippen LogP contribution in [0.1, 0.15) is 24.5 Å². The summed E-state index contributed by atoms with van der Waals surface area (Å²) >= 11 is 0. The van der Waals surface area contributed by atoms with E-state index in [9.17, 15) is 18.3 Å². The number of carbonyl (C=O) groups excluding carboxylic acids is 1. The minimum atomic E-state index is -3.89. The Kier molecular flexibility index (Phi) is 5.56. The summed E-state index contributed by atoms with van der Waals surface area (Å²) in [5, 5.41) is 18.4. The molecule has 0 fully saturated rings. The van der Waals surface area contributed by atoms with E-state index in [0.717, 1.165) is 32.7 Å². The Morgan fingerprint density at radius 2 is 1.50 bits per heavy atom.